The van der Waals surface area contributed by atoms with Crippen LogP contribution in [0.2, 0.25) is 0 Å². The minimum atomic E-state index is -4.37. The van der Waals surface area contributed by atoms with Gasteiger partial charge in [-0.15, -0.1) is 12.4 Å². The zero-order valence-electron chi connectivity index (χ0n) is 39.3. The van der Waals surface area contributed by atoms with Crippen LogP contribution in [0.5, 0.6) is 0 Å². The summed E-state index contributed by atoms with van der Waals surface area (Å²) in [6.07, 6.45) is -2.18. The van der Waals surface area contributed by atoms with Crippen LogP contribution in [0.25, 0.3) is 0 Å². The molecule has 1 N–H and O–H groups in total. The number of aliphatic hydroxyl groups excluding tert-OH is 1. The lowest BCUT2D eigenvalue weighted by Crippen LogP contribution is -2.47. The van der Waals surface area contributed by atoms with Gasteiger partial charge in [0.25, 0.3) is 0 Å². The van der Waals surface area contributed by atoms with Crippen molar-refractivity contribution in [1.82, 2.24) is 19.6 Å². The molecule has 0 spiro atoms. The molecule has 0 saturated carbocycles. The van der Waals surface area contributed by atoms with Crippen molar-refractivity contribution in [2.24, 2.45) is 0 Å². The van der Waals surface area contributed by atoms with Gasteiger partial charge in [-0.25, -0.2) is 0 Å². The lowest BCUT2D eigenvalue weighted by Gasteiger charge is -2.36. The number of rotatable bonds is 18. The largest absolute Gasteiger partial charge is 0.464 e. The first-order valence-electron chi connectivity index (χ1n) is 24.0. The lowest BCUT2D eigenvalue weighted by atomic mass is 10.1. The summed E-state index contributed by atoms with van der Waals surface area (Å²) in [5, 5.41) is 9.07. The van der Waals surface area contributed by atoms with E-state index in [0.717, 1.165) is 141 Å². The number of aliphatic hydroxyl groups is 1. The van der Waals surface area contributed by atoms with E-state index in [1.807, 2.05) is 58.3 Å². The van der Waals surface area contributed by atoms with E-state index < -0.39 is 23.5 Å². The zero-order valence-corrected chi connectivity index (χ0v) is 41.7. The third kappa shape index (κ3) is 15.4. The number of carbonyl (C=O) groups excluding carboxylic acids is 1. The van der Waals surface area contributed by atoms with Crippen molar-refractivity contribution in [3.05, 3.63) is 96.1 Å². The number of esters is 1. The second kappa shape index (κ2) is 26.1. The molecule has 4 aromatic carbocycles. The van der Waals surface area contributed by atoms with Gasteiger partial charge < -0.3 is 29.4 Å². The third-order valence-corrected chi connectivity index (χ3v) is 15.1. The summed E-state index contributed by atoms with van der Waals surface area (Å²) in [5.41, 5.74) is 2.00. The first-order chi connectivity index (χ1) is 32.8. The van der Waals surface area contributed by atoms with Crippen molar-refractivity contribution >= 4 is 64.6 Å². The molecule has 2 saturated heterocycles. The summed E-state index contributed by atoms with van der Waals surface area (Å²) in [4.78, 5) is 29.2. The normalized spacial score (nSPS) is 16.6. The van der Waals surface area contributed by atoms with Crippen molar-refractivity contribution in [3.8, 4) is 0 Å². The fourth-order valence-corrected chi connectivity index (χ4v) is 11.2. The van der Waals surface area contributed by atoms with Crippen molar-refractivity contribution in [3.63, 3.8) is 0 Å². The highest BCUT2D eigenvalue weighted by Gasteiger charge is 2.35. The Morgan fingerprint density at radius 1 is 0.536 bits per heavy atom. The molecule has 0 aromatic heterocycles. The molecule has 378 valence electrons. The maximum atomic E-state index is 13.4. The average Bonchev–Trinajstić information content (AvgIpc) is 3.33. The van der Waals surface area contributed by atoms with Crippen molar-refractivity contribution in [2.45, 2.75) is 83.8 Å². The van der Waals surface area contributed by atoms with E-state index in [1.54, 1.807) is 12.1 Å². The Balaban J connectivity index is 0.000000229. The monoisotopic (exact) mass is 1020 g/mol. The van der Waals surface area contributed by atoms with E-state index in [-0.39, 0.29) is 25.0 Å². The van der Waals surface area contributed by atoms with Gasteiger partial charge in [-0.1, -0.05) is 74.0 Å². The molecule has 0 aliphatic carbocycles. The number of nitrogens with zero attached hydrogens (tertiary/aromatic N) is 6. The Kier molecular flexibility index (Phi) is 20.7. The van der Waals surface area contributed by atoms with Gasteiger partial charge in [0, 0.05) is 105 Å². The number of anilines is 4. The quantitative estimate of drug-likeness (QED) is 0.0589. The third-order valence-electron chi connectivity index (χ3n) is 12.9. The van der Waals surface area contributed by atoms with Gasteiger partial charge in [0.2, 0.25) is 0 Å². The van der Waals surface area contributed by atoms with E-state index in [0.29, 0.717) is 44.0 Å². The predicted octanol–water partition coefficient (Wildman–Crippen LogP) is 11.6. The maximum absolute atomic E-state index is 13.4. The molecule has 0 bridgehead atoms. The second-order valence-electron chi connectivity index (χ2n) is 17.6. The highest BCUT2D eigenvalue weighted by Crippen LogP contribution is 2.51. The summed E-state index contributed by atoms with van der Waals surface area (Å²) >= 11 is 3.05. The van der Waals surface area contributed by atoms with Crippen LogP contribution < -0.4 is 9.80 Å². The van der Waals surface area contributed by atoms with Crippen LogP contribution in [0, 0.1) is 0 Å². The predicted molar refractivity (Wildman–Crippen MR) is 267 cm³/mol. The number of unbranched alkanes of at least 4 members (excludes halogenated alkanes) is 3. The molecular formula is C51H65ClF6N6O3S2. The number of ether oxygens (including phenoxy) is 1. The summed E-state index contributed by atoms with van der Waals surface area (Å²) in [6, 6.07) is 23.9. The number of halogens is 7. The number of para-hydroxylation sites is 2. The van der Waals surface area contributed by atoms with E-state index in [1.165, 1.54) is 47.8 Å². The molecule has 9 nitrogen and oxygen atoms in total. The molecular weight excluding hydrogens is 958 g/mol. The van der Waals surface area contributed by atoms with Gasteiger partial charge in [-0.05, 0) is 93.0 Å². The van der Waals surface area contributed by atoms with E-state index >= 15 is 0 Å². The van der Waals surface area contributed by atoms with E-state index in [4.69, 9.17) is 9.84 Å². The molecule has 18 heteroatoms. The molecule has 4 heterocycles. The number of benzene rings is 4. The molecule has 0 unspecified atom stereocenters. The molecule has 0 amide bonds. The minimum Gasteiger partial charge on any atom is -0.464 e. The van der Waals surface area contributed by atoms with Crippen molar-refractivity contribution in [2.75, 3.05) is 115 Å². The number of fused-ring (bicyclic) bond motifs is 4. The fraction of sp³-hybridized carbons (Fsp3) is 0.510. The molecule has 0 radical (unpaired) electrons. The number of hydrogen-bond donors (Lipinski definition) is 1. The highest BCUT2D eigenvalue weighted by atomic mass is 35.5. The standard InChI is InChI=1S/C29H38F3N3O2S.C22H26F3N3OS.ClH/c1-2-3-4-5-11-28(36)37-21-20-34-18-16-33(17-19-34)14-8-15-35-24-9-6-7-10-26(24)38-27-13-12-23(22-25(27)35)29(30,31)32;23-22(24,25)17-6-7-21-19(16-17)28(18-4-1-2-5-20(18)30-21)9-3-8-26-10-12-27(13-11-26)14-15-29;/h6-7,9-10,12-13,22H,2-5,8,11,14-21H2,1H3;1-2,4-7,16,29H,3,8-15H2;1H. The zero-order chi connectivity index (χ0) is 48.1. The summed E-state index contributed by atoms with van der Waals surface area (Å²) in [6.45, 7) is 14.9. The van der Waals surface area contributed by atoms with Gasteiger partial charge in [0.05, 0.1) is 40.5 Å². The lowest BCUT2D eigenvalue weighted by molar-refractivity contribution is -0.144. The fourth-order valence-electron chi connectivity index (χ4n) is 9.07. The van der Waals surface area contributed by atoms with Crippen molar-refractivity contribution in [1.29, 1.82) is 0 Å². The first-order valence-corrected chi connectivity index (χ1v) is 25.6. The smallest absolute Gasteiger partial charge is 0.416 e. The Hall–Kier alpha value is -3.68. The maximum Gasteiger partial charge on any atom is 0.416 e. The van der Waals surface area contributed by atoms with Gasteiger partial charge in [0.1, 0.15) is 6.61 Å². The minimum absolute atomic E-state index is 0. The summed E-state index contributed by atoms with van der Waals surface area (Å²) < 4.78 is 85.6. The molecule has 69 heavy (non-hydrogen) atoms. The highest BCUT2D eigenvalue weighted by molar-refractivity contribution is 8.00. The molecule has 4 aromatic rings. The Morgan fingerprint density at radius 3 is 1.39 bits per heavy atom. The number of piperazine rings is 2. The topological polar surface area (TPSA) is 66.0 Å². The average molecular weight is 1020 g/mol. The van der Waals surface area contributed by atoms with Crippen LogP contribution in [-0.2, 0) is 21.9 Å². The Labute approximate surface area is 417 Å². The molecule has 0 atom stereocenters. The molecule has 4 aliphatic rings. The van der Waals surface area contributed by atoms with Crippen molar-refractivity contribution < 1.29 is 41.0 Å². The van der Waals surface area contributed by atoms with Crippen LogP contribution in [0.1, 0.15) is 63.0 Å². The van der Waals surface area contributed by atoms with Crippen LogP contribution in [-0.4, -0.2) is 136 Å². The second-order valence-corrected chi connectivity index (χ2v) is 19.8. The van der Waals surface area contributed by atoms with Gasteiger partial charge in [-0.3, -0.25) is 14.6 Å². The van der Waals surface area contributed by atoms with E-state index in [9.17, 15) is 31.1 Å². The Bertz CT molecular complexity index is 2240. The van der Waals surface area contributed by atoms with Gasteiger partial charge in [-0.2, -0.15) is 26.3 Å². The van der Waals surface area contributed by atoms with Crippen LogP contribution in [0.4, 0.5) is 49.1 Å². The number of hydrogen-bond acceptors (Lipinski definition) is 11. The van der Waals surface area contributed by atoms with Crippen LogP contribution in [0.3, 0.4) is 0 Å². The summed E-state index contributed by atoms with van der Waals surface area (Å²) in [5.74, 6) is -0.0960. The number of β-amino-alcohol motifs (C(OH)–C–C–N with tert-alkyl or cyclic N) is 1. The van der Waals surface area contributed by atoms with Gasteiger partial charge in [0.15, 0.2) is 0 Å². The molecule has 2 fully saturated rings. The number of carbonyl (C=O) groups is 1. The number of alkyl halides is 6. The van der Waals surface area contributed by atoms with Gasteiger partial charge >= 0.3 is 18.3 Å². The van der Waals surface area contributed by atoms with Crippen LogP contribution >= 0.6 is 35.9 Å². The Morgan fingerprint density at radius 2 is 0.957 bits per heavy atom. The van der Waals surface area contributed by atoms with E-state index in [2.05, 4.69) is 26.5 Å². The molecule has 4 aliphatic heterocycles. The molecule has 8 rings (SSSR count). The summed E-state index contributed by atoms with van der Waals surface area (Å²) in [7, 11) is 0. The first kappa shape index (κ1) is 54.6. The van der Waals surface area contributed by atoms with Crippen LogP contribution in [0.15, 0.2) is 105 Å². The SMILES string of the molecule is CCCCCCC(=O)OCCN1CCN(CCCN2c3ccccc3Sc3ccc(C(F)(F)F)cc32)CC1.Cl.OCCN1CCN(CCCN2c3ccccc3Sc3ccc(C(F)(F)F)cc32)CC1.